The molecule has 3 aromatic rings. The van der Waals surface area contributed by atoms with Gasteiger partial charge in [-0.1, -0.05) is 36.5 Å². The minimum Gasteiger partial charge on any atom is -0.480 e. The summed E-state index contributed by atoms with van der Waals surface area (Å²) in [5.41, 5.74) is 2.55. The third-order valence-corrected chi connectivity index (χ3v) is 5.22. The van der Waals surface area contributed by atoms with Crippen LogP contribution in [0.4, 0.5) is 5.69 Å². The van der Waals surface area contributed by atoms with Gasteiger partial charge in [-0.3, -0.25) is 14.2 Å². The molecule has 1 heterocycles. The van der Waals surface area contributed by atoms with Crippen LogP contribution in [0, 0.1) is 6.92 Å². The number of carbonyl (C=O) groups is 1. The van der Waals surface area contributed by atoms with Crippen LogP contribution < -0.4 is 14.9 Å². The predicted molar refractivity (Wildman–Crippen MR) is 106 cm³/mol. The minimum atomic E-state index is -0.578. The van der Waals surface area contributed by atoms with Crippen molar-refractivity contribution in [3.8, 4) is 5.75 Å². The Morgan fingerprint density at radius 2 is 2.00 bits per heavy atom. The molecule has 26 heavy (non-hydrogen) atoms. The lowest BCUT2D eigenvalue weighted by Crippen LogP contribution is -2.32. The number of aromatic nitrogens is 1. The minimum absolute atomic E-state index is 0.0142. The van der Waals surface area contributed by atoms with E-state index < -0.39 is 6.10 Å². The number of amides is 1. The second-order valence-electron chi connectivity index (χ2n) is 6.06. The van der Waals surface area contributed by atoms with Crippen molar-refractivity contribution in [3.05, 3.63) is 57.7 Å². The summed E-state index contributed by atoms with van der Waals surface area (Å²) in [6.07, 6.45) is -0.0205. The van der Waals surface area contributed by atoms with E-state index in [0.29, 0.717) is 24.4 Å². The average Bonchev–Trinajstić information content (AvgIpc) is 2.95. The Kier molecular flexibility index (Phi) is 5.42. The number of hydrogen-bond donors (Lipinski definition) is 1. The number of aryl methyl sites for hydroxylation is 2. The van der Waals surface area contributed by atoms with E-state index in [1.54, 1.807) is 4.57 Å². The summed E-state index contributed by atoms with van der Waals surface area (Å²) >= 11 is 1.19. The van der Waals surface area contributed by atoms with Crippen LogP contribution in [-0.4, -0.2) is 16.6 Å². The SMILES string of the molecule is CCC(Oc1ccccc1C)C(=O)Nc1ccc2c(c1)sc(=O)n2CC. The molecule has 136 valence electrons. The number of nitrogens with one attached hydrogen (secondary N) is 1. The van der Waals surface area contributed by atoms with Crippen molar-refractivity contribution in [2.24, 2.45) is 0 Å². The molecule has 6 heteroatoms. The van der Waals surface area contributed by atoms with Gasteiger partial charge in [0.05, 0.1) is 10.2 Å². The number of anilines is 1. The van der Waals surface area contributed by atoms with Crippen molar-refractivity contribution in [1.29, 1.82) is 0 Å². The van der Waals surface area contributed by atoms with Gasteiger partial charge in [0.25, 0.3) is 5.91 Å². The third-order valence-electron chi connectivity index (χ3n) is 4.28. The smallest absolute Gasteiger partial charge is 0.308 e. The summed E-state index contributed by atoms with van der Waals surface area (Å²) in [5, 5.41) is 2.90. The van der Waals surface area contributed by atoms with Gasteiger partial charge in [-0.15, -0.1) is 0 Å². The molecule has 3 rings (SSSR count). The van der Waals surface area contributed by atoms with Crippen molar-refractivity contribution in [2.75, 3.05) is 5.32 Å². The van der Waals surface area contributed by atoms with Gasteiger partial charge in [-0.25, -0.2) is 0 Å². The number of benzene rings is 2. The standard InChI is InChI=1S/C20H22N2O3S/c1-4-16(25-17-9-7-6-8-13(17)3)19(23)21-14-10-11-15-18(12-14)26-20(24)22(15)5-2/h6-12,16H,4-5H2,1-3H3,(H,21,23). The van der Waals surface area contributed by atoms with Gasteiger partial charge in [0, 0.05) is 12.2 Å². The number of ether oxygens (including phenoxy) is 1. The Morgan fingerprint density at radius 3 is 2.69 bits per heavy atom. The highest BCUT2D eigenvalue weighted by Gasteiger charge is 2.19. The van der Waals surface area contributed by atoms with E-state index in [2.05, 4.69) is 5.32 Å². The topological polar surface area (TPSA) is 60.3 Å². The molecule has 0 fully saturated rings. The summed E-state index contributed by atoms with van der Waals surface area (Å²) in [7, 11) is 0. The van der Waals surface area contributed by atoms with Crippen molar-refractivity contribution in [3.63, 3.8) is 0 Å². The zero-order chi connectivity index (χ0) is 18.7. The first-order valence-electron chi connectivity index (χ1n) is 8.70. The molecule has 0 aliphatic carbocycles. The van der Waals surface area contributed by atoms with Gasteiger partial charge < -0.3 is 10.1 Å². The van der Waals surface area contributed by atoms with Crippen LogP contribution in [0.3, 0.4) is 0 Å². The van der Waals surface area contributed by atoms with Gasteiger partial charge in [-0.05, 0) is 50.1 Å². The van der Waals surface area contributed by atoms with Crippen LogP contribution in [0.25, 0.3) is 10.2 Å². The number of rotatable bonds is 6. The Morgan fingerprint density at radius 1 is 1.23 bits per heavy atom. The summed E-state index contributed by atoms with van der Waals surface area (Å²) in [5.74, 6) is 0.514. The van der Waals surface area contributed by atoms with Crippen LogP contribution in [0.15, 0.2) is 47.3 Å². The van der Waals surface area contributed by atoms with E-state index in [-0.39, 0.29) is 10.8 Å². The molecule has 1 unspecified atom stereocenters. The number of para-hydroxylation sites is 1. The molecule has 0 bridgehead atoms. The van der Waals surface area contributed by atoms with E-state index in [4.69, 9.17) is 4.74 Å². The number of thiazole rings is 1. The summed E-state index contributed by atoms with van der Waals surface area (Å²) in [6, 6.07) is 13.2. The van der Waals surface area contributed by atoms with Gasteiger partial charge in [0.2, 0.25) is 0 Å². The molecule has 1 amide bonds. The lowest BCUT2D eigenvalue weighted by Gasteiger charge is -2.18. The fourth-order valence-corrected chi connectivity index (χ4v) is 3.82. The first-order chi connectivity index (χ1) is 12.5. The maximum absolute atomic E-state index is 12.6. The second-order valence-corrected chi connectivity index (χ2v) is 7.06. The highest BCUT2D eigenvalue weighted by molar-refractivity contribution is 7.16. The maximum atomic E-state index is 12.6. The lowest BCUT2D eigenvalue weighted by atomic mass is 10.2. The molecule has 5 nitrogen and oxygen atoms in total. The van der Waals surface area contributed by atoms with Gasteiger partial charge in [0.15, 0.2) is 6.10 Å². The Balaban J connectivity index is 1.78. The quantitative estimate of drug-likeness (QED) is 0.708. The molecule has 1 atom stereocenters. The van der Waals surface area contributed by atoms with E-state index in [1.165, 1.54) is 11.3 Å². The van der Waals surface area contributed by atoms with E-state index in [9.17, 15) is 9.59 Å². The molecule has 1 N–H and O–H groups in total. The van der Waals surface area contributed by atoms with Gasteiger partial charge >= 0.3 is 4.87 Å². The molecule has 0 radical (unpaired) electrons. The fourth-order valence-electron chi connectivity index (χ4n) is 2.83. The maximum Gasteiger partial charge on any atom is 0.308 e. The molecular formula is C20H22N2O3S. The van der Waals surface area contributed by atoms with E-state index in [0.717, 1.165) is 15.8 Å². The van der Waals surface area contributed by atoms with Crippen LogP contribution in [0.1, 0.15) is 25.8 Å². The fraction of sp³-hybridized carbons (Fsp3) is 0.300. The summed E-state index contributed by atoms with van der Waals surface area (Å²) < 4.78 is 8.48. The number of nitrogens with zero attached hydrogens (tertiary/aromatic N) is 1. The normalized spacial score (nSPS) is 12.1. The molecule has 0 saturated carbocycles. The Hall–Kier alpha value is -2.60. The Labute approximate surface area is 156 Å². The van der Waals surface area contributed by atoms with Crippen molar-refractivity contribution < 1.29 is 9.53 Å². The molecule has 0 saturated heterocycles. The lowest BCUT2D eigenvalue weighted by molar-refractivity contribution is -0.122. The van der Waals surface area contributed by atoms with Crippen LogP contribution in [0.2, 0.25) is 0 Å². The van der Waals surface area contributed by atoms with Crippen molar-refractivity contribution in [2.45, 2.75) is 39.8 Å². The molecule has 0 aliphatic heterocycles. The molecule has 1 aromatic heterocycles. The summed E-state index contributed by atoms with van der Waals surface area (Å²) in [4.78, 5) is 24.6. The number of hydrogen-bond acceptors (Lipinski definition) is 4. The first kappa shape index (κ1) is 18.2. The average molecular weight is 370 g/mol. The van der Waals surface area contributed by atoms with Crippen LogP contribution >= 0.6 is 11.3 Å². The second kappa shape index (κ2) is 7.74. The van der Waals surface area contributed by atoms with Crippen LogP contribution in [0.5, 0.6) is 5.75 Å². The molecule has 0 spiro atoms. The zero-order valence-electron chi connectivity index (χ0n) is 15.1. The van der Waals surface area contributed by atoms with E-state index in [1.807, 2.05) is 63.2 Å². The van der Waals surface area contributed by atoms with Crippen LogP contribution in [-0.2, 0) is 11.3 Å². The first-order valence-corrected chi connectivity index (χ1v) is 9.51. The molecule has 2 aromatic carbocycles. The van der Waals surface area contributed by atoms with Gasteiger partial charge in [-0.2, -0.15) is 0 Å². The Bertz CT molecular complexity index is 990. The van der Waals surface area contributed by atoms with E-state index >= 15 is 0 Å². The van der Waals surface area contributed by atoms with Gasteiger partial charge in [0.1, 0.15) is 5.75 Å². The van der Waals surface area contributed by atoms with Crippen molar-refractivity contribution in [1.82, 2.24) is 4.57 Å². The zero-order valence-corrected chi connectivity index (χ0v) is 15.9. The predicted octanol–water partition coefficient (Wildman–Crippen LogP) is 4.19. The number of carbonyl (C=O) groups excluding carboxylic acids is 1. The molecular weight excluding hydrogens is 348 g/mol. The van der Waals surface area contributed by atoms with Crippen molar-refractivity contribution >= 4 is 33.1 Å². The third kappa shape index (κ3) is 3.65. The largest absolute Gasteiger partial charge is 0.480 e. The molecule has 0 aliphatic rings. The highest BCUT2D eigenvalue weighted by Crippen LogP contribution is 2.23. The monoisotopic (exact) mass is 370 g/mol. The summed E-state index contributed by atoms with van der Waals surface area (Å²) in [6.45, 7) is 6.44. The number of fused-ring (bicyclic) bond motifs is 1. The highest BCUT2D eigenvalue weighted by atomic mass is 32.1.